The van der Waals surface area contributed by atoms with Crippen molar-refractivity contribution in [1.82, 2.24) is 0 Å². The lowest BCUT2D eigenvalue weighted by Gasteiger charge is -2.42. The number of hydrogen-bond donors (Lipinski definition) is 0. The van der Waals surface area contributed by atoms with Gasteiger partial charge in [-0.05, 0) is 29.5 Å². The van der Waals surface area contributed by atoms with Crippen LogP contribution in [0.25, 0.3) is 6.08 Å². The molecule has 0 N–H and O–H groups in total. The van der Waals surface area contributed by atoms with E-state index in [1.807, 2.05) is 56.3 Å². The molecule has 1 amide bonds. The molecule has 0 spiro atoms. The number of methoxy groups -OCH3 is 1. The molecule has 32 heavy (non-hydrogen) atoms. The standard InChI is InChI=1S/C27H27NO4/c1-27(2)16-22-25(23(29)17-27)19(14-13-18-9-5-4-6-10-18)15-24(30)28(22)21-12-8-7-11-20(21)26(31)32-3/h4-14,19H,15-17H2,1-3H3/b14-13+. The molecule has 164 valence electrons. The Balaban J connectivity index is 1.84. The molecule has 0 aromatic heterocycles. The monoisotopic (exact) mass is 429 g/mol. The minimum Gasteiger partial charge on any atom is -0.465 e. The predicted molar refractivity (Wildman–Crippen MR) is 124 cm³/mol. The van der Waals surface area contributed by atoms with Gasteiger partial charge in [-0.3, -0.25) is 14.5 Å². The zero-order valence-electron chi connectivity index (χ0n) is 18.6. The molecule has 2 aromatic rings. The van der Waals surface area contributed by atoms with Gasteiger partial charge in [0, 0.05) is 30.0 Å². The minimum atomic E-state index is -0.511. The van der Waals surface area contributed by atoms with Crippen molar-refractivity contribution >= 4 is 29.4 Å². The van der Waals surface area contributed by atoms with Crippen molar-refractivity contribution in [2.45, 2.75) is 33.1 Å². The van der Waals surface area contributed by atoms with E-state index < -0.39 is 5.97 Å². The number of nitrogens with zero attached hydrogens (tertiary/aromatic N) is 1. The Bertz CT molecular complexity index is 1130. The van der Waals surface area contributed by atoms with Gasteiger partial charge in [0.2, 0.25) is 5.91 Å². The summed E-state index contributed by atoms with van der Waals surface area (Å²) in [7, 11) is 1.32. The Morgan fingerprint density at radius 3 is 2.44 bits per heavy atom. The minimum absolute atomic E-state index is 0.0620. The average molecular weight is 430 g/mol. The molecule has 0 bridgehead atoms. The summed E-state index contributed by atoms with van der Waals surface area (Å²) in [4.78, 5) is 40.7. The van der Waals surface area contributed by atoms with Crippen LogP contribution in [0.1, 0.15) is 49.0 Å². The molecule has 0 radical (unpaired) electrons. The Hall–Kier alpha value is -3.47. The summed E-state index contributed by atoms with van der Waals surface area (Å²) in [5, 5.41) is 0. The smallest absolute Gasteiger partial charge is 0.339 e. The van der Waals surface area contributed by atoms with E-state index >= 15 is 0 Å². The van der Waals surface area contributed by atoms with Gasteiger partial charge in [0.05, 0.1) is 18.4 Å². The first-order valence-electron chi connectivity index (χ1n) is 10.8. The molecule has 1 unspecified atom stereocenters. The summed E-state index contributed by atoms with van der Waals surface area (Å²) in [6.45, 7) is 4.07. The van der Waals surface area contributed by atoms with Crippen LogP contribution < -0.4 is 4.90 Å². The number of Topliss-reactive ketones (excluding diaryl/α,β-unsaturated/α-hetero) is 1. The zero-order valence-corrected chi connectivity index (χ0v) is 18.6. The van der Waals surface area contributed by atoms with E-state index in [2.05, 4.69) is 0 Å². The molecule has 2 aliphatic rings. The van der Waals surface area contributed by atoms with E-state index in [1.54, 1.807) is 29.2 Å². The van der Waals surface area contributed by atoms with Crippen molar-refractivity contribution in [3.63, 3.8) is 0 Å². The van der Waals surface area contributed by atoms with Gasteiger partial charge in [-0.1, -0.05) is 68.5 Å². The Morgan fingerprint density at radius 2 is 1.72 bits per heavy atom. The Kier molecular flexibility index (Phi) is 5.83. The maximum atomic E-state index is 13.4. The maximum Gasteiger partial charge on any atom is 0.339 e. The maximum absolute atomic E-state index is 13.4. The lowest BCUT2D eigenvalue weighted by Crippen LogP contribution is -2.44. The number of carbonyl (C=O) groups excluding carboxylic acids is 3. The van der Waals surface area contributed by atoms with Crippen LogP contribution in [-0.2, 0) is 14.3 Å². The van der Waals surface area contributed by atoms with Crippen molar-refractivity contribution in [3.05, 3.63) is 83.1 Å². The summed E-state index contributed by atoms with van der Waals surface area (Å²) in [5.74, 6) is -0.869. The lowest BCUT2D eigenvalue weighted by molar-refractivity contribution is -0.121. The van der Waals surface area contributed by atoms with Crippen LogP contribution in [0.5, 0.6) is 0 Å². The van der Waals surface area contributed by atoms with E-state index in [4.69, 9.17) is 4.74 Å². The van der Waals surface area contributed by atoms with Crippen LogP contribution in [0.2, 0.25) is 0 Å². The molecule has 0 saturated carbocycles. The van der Waals surface area contributed by atoms with E-state index in [0.717, 1.165) is 5.56 Å². The summed E-state index contributed by atoms with van der Waals surface area (Å²) in [5.41, 5.74) is 2.89. The van der Waals surface area contributed by atoms with Crippen molar-refractivity contribution in [2.75, 3.05) is 12.0 Å². The first-order valence-corrected chi connectivity index (χ1v) is 10.8. The SMILES string of the molecule is COC(=O)c1ccccc1N1C(=O)CC(/C=C/c2ccccc2)C2=C1CC(C)(C)CC2=O. The number of rotatable bonds is 4. The fraction of sp³-hybridized carbons (Fsp3) is 0.296. The van der Waals surface area contributed by atoms with Crippen LogP contribution in [0.4, 0.5) is 5.69 Å². The number of amides is 1. The Labute approximate surface area is 188 Å². The average Bonchev–Trinajstić information content (AvgIpc) is 2.76. The van der Waals surface area contributed by atoms with Gasteiger partial charge in [-0.25, -0.2) is 4.79 Å². The quantitative estimate of drug-likeness (QED) is 0.628. The van der Waals surface area contributed by atoms with E-state index in [-0.39, 0.29) is 29.4 Å². The number of para-hydroxylation sites is 1. The normalized spacial score (nSPS) is 20.5. The molecule has 0 fully saturated rings. The highest BCUT2D eigenvalue weighted by Crippen LogP contribution is 2.46. The summed E-state index contributed by atoms with van der Waals surface area (Å²) in [6.07, 6.45) is 5.10. The van der Waals surface area contributed by atoms with Crippen LogP contribution in [0, 0.1) is 11.3 Å². The van der Waals surface area contributed by atoms with Gasteiger partial charge < -0.3 is 4.74 Å². The van der Waals surface area contributed by atoms with Gasteiger partial charge in [0.15, 0.2) is 5.78 Å². The molecule has 1 aliphatic heterocycles. The third-order valence-electron chi connectivity index (χ3n) is 6.05. The highest BCUT2D eigenvalue weighted by Gasteiger charge is 2.43. The lowest BCUT2D eigenvalue weighted by atomic mass is 9.70. The van der Waals surface area contributed by atoms with Crippen molar-refractivity contribution in [1.29, 1.82) is 0 Å². The van der Waals surface area contributed by atoms with E-state index in [0.29, 0.717) is 35.4 Å². The summed E-state index contributed by atoms with van der Waals surface area (Å²) in [6, 6.07) is 16.7. The van der Waals surface area contributed by atoms with E-state index in [1.165, 1.54) is 7.11 Å². The van der Waals surface area contributed by atoms with Crippen molar-refractivity contribution in [2.24, 2.45) is 11.3 Å². The zero-order chi connectivity index (χ0) is 22.9. The number of hydrogen-bond acceptors (Lipinski definition) is 4. The number of carbonyl (C=O) groups is 3. The highest BCUT2D eigenvalue weighted by atomic mass is 16.5. The number of benzene rings is 2. The molecule has 1 heterocycles. The Morgan fingerprint density at radius 1 is 1.03 bits per heavy atom. The van der Waals surface area contributed by atoms with Crippen molar-refractivity contribution < 1.29 is 19.1 Å². The highest BCUT2D eigenvalue weighted by molar-refractivity contribution is 6.10. The van der Waals surface area contributed by atoms with Crippen LogP contribution in [0.15, 0.2) is 71.9 Å². The van der Waals surface area contributed by atoms with Gasteiger partial charge >= 0.3 is 5.97 Å². The molecule has 1 aliphatic carbocycles. The van der Waals surface area contributed by atoms with Gasteiger partial charge in [0.1, 0.15) is 0 Å². The predicted octanol–water partition coefficient (Wildman–Crippen LogP) is 5.18. The molecule has 1 atom stereocenters. The van der Waals surface area contributed by atoms with Crippen LogP contribution in [0.3, 0.4) is 0 Å². The molecular weight excluding hydrogens is 402 g/mol. The number of ether oxygens (including phenoxy) is 1. The fourth-order valence-electron chi connectivity index (χ4n) is 4.64. The number of anilines is 1. The molecule has 4 rings (SSSR count). The molecule has 2 aromatic carbocycles. The van der Waals surface area contributed by atoms with Gasteiger partial charge in [0.25, 0.3) is 0 Å². The molecular formula is C27H27NO4. The third kappa shape index (κ3) is 4.15. The molecule has 5 nitrogen and oxygen atoms in total. The van der Waals surface area contributed by atoms with Crippen LogP contribution in [-0.4, -0.2) is 24.8 Å². The van der Waals surface area contributed by atoms with E-state index in [9.17, 15) is 14.4 Å². The fourth-order valence-corrected chi connectivity index (χ4v) is 4.64. The van der Waals surface area contributed by atoms with Gasteiger partial charge in [-0.15, -0.1) is 0 Å². The number of esters is 1. The third-order valence-corrected chi connectivity index (χ3v) is 6.05. The first kappa shape index (κ1) is 21.8. The van der Waals surface area contributed by atoms with Crippen molar-refractivity contribution in [3.8, 4) is 0 Å². The summed E-state index contributed by atoms with van der Waals surface area (Å²) < 4.78 is 4.94. The second kappa shape index (κ2) is 8.58. The molecule has 0 saturated heterocycles. The molecule has 5 heteroatoms. The van der Waals surface area contributed by atoms with Crippen LogP contribution >= 0.6 is 0 Å². The topological polar surface area (TPSA) is 63.7 Å². The first-order chi connectivity index (χ1) is 15.3. The number of allylic oxidation sites excluding steroid dienone is 3. The van der Waals surface area contributed by atoms with Gasteiger partial charge in [-0.2, -0.15) is 0 Å². The second-order valence-corrected chi connectivity index (χ2v) is 9.12. The summed E-state index contributed by atoms with van der Waals surface area (Å²) >= 11 is 0. The largest absolute Gasteiger partial charge is 0.465 e. The number of ketones is 1. The second-order valence-electron chi connectivity index (χ2n) is 9.12.